The Morgan fingerprint density at radius 2 is 1.68 bits per heavy atom. The lowest BCUT2D eigenvalue weighted by molar-refractivity contribution is -0.0435. The van der Waals surface area contributed by atoms with Gasteiger partial charge in [-0.1, -0.05) is 38.1 Å². The fraction of sp³-hybridized carbons (Fsp3) is 0.533. The van der Waals surface area contributed by atoms with Gasteiger partial charge in [-0.25, -0.2) is 0 Å². The van der Waals surface area contributed by atoms with Gasteiger partial charge in [-0.2, -0.15) is 0 Å². The van der Waals surface area contributed by atoms with Crippen LogP contribution in [0.5, 0.6) is 0 Å². The normalized spacial score (nSPS) is 25.9. The summed E-state index contributed by atoms with van der Waals surface area (Å²) in [5.74, 6) is 0.349. The lowest BCUT2D eigenvalue weighted by Gasteiger charge is -2.39. The summed E-state index contributed by atoms with van der Waals surface area (Å²) in [6.45, 7) is 10.5. The van der Waals surface area contributed by atoms with Crippen LogP contribution in [0.2, 0.25) is 0 Å². The highest BCUT2D eigenvalue weighted by Gasteiger charge is 2.55. The van der Waals surface area contributed by atoms with Gasteiger partial charge < -0.3 is 9.31 Å². The minimum atomic E-state index is -0.372. The molecule has 1 saturated heterocycles. The molecule has 102 valence electrons. The number of hydrogen-bond acceptors (Lipinski definition) is 3. The van der Waals surface area contributed by atoms with E-state index in [0.29, 0.717) is 11.5 Å². The van der Waals surface area contributed by atoms with Crippen LogP contribution in [0.25, 0.3) is 0 Å². The second-order valence-corrected chi connectivity index (χ2v) is 6.12. The third kappa shape index (κ3) is 2.35. The van der Waals surface area contributed by atoms with E-state index in [-0.39, 0.29) is 18.3 Å². The molecule has 1 fully saturated rings. The van der Waals surface area contributed by atoms with Crippen LogP contribution in [0.4, 0.5) is 0 Å². The Labute approximate surface area is 115 Å². The van der Waals surface area contributed by atoms with Crippen molar-refractivity contribution in [1.29, 1.82) is 0 Å². The zero-order chi connectivity index (χ0) is 14.3. The maximum Gasteiger partial charge on any atom is 0.494 e. The molecule has 0 saturated carbocycles. The molecule has 1 atom stereocenters. The molecule has 0 bridgehead atoms. The molecule has 1 aromatic carbocycles. The van der Waals surface area contributed by atoms with Crippen LogP contribution < -0.4 is 5.46 Å². The Morgan fingerprint density at radius 3 is 2.11 bits per heavy atom. The molecule has 0 aromatic heterocycles. The second-order valence-electron chi connectivity index (χ2n) is 6.12. The average molecular weight is 260 g/mol. The summed E-state index contributed by atoms with van der Waals surface area (Å²) >= 11 is 0. The third-order valence-electron chi connectivity index (χ3n) is 4.40. The van der Waals surface area contributed by atoms with Crippen molar-refractivity contribution in [1.82, 2.24) is 0 Å². The number of hydrogen-bond donors (Lipinski definition) is 0. The van der Waals surface area contributed by atoms with Crippen molar-refractivity contribution in [2.24, 2.45) is 5.92 Å². The molecule has 0 amide bonds. The summed E-state index contributed by atoms with van der Waals surface area (Å²) in [5, 5.41) is 0. The zero-order valence-electron chi connectivity index (χ0n) is 12.3. The highest BCUT2D eigenvalue weighted by atomic mass is 16.7. The van der Waals surface area contributed by atoms with E-state index >= 15 is 0 Å². The summed E-state index contributed by atoms with van der Waals surface area (Å²) in [4.78, 5) is 10.7. The molecule has 19 heavy (non-hydrogen) atoms. The van der Waals surface area contributed by atoms with Crippen LogP contribution in [-0.4, -0.2) is 24.6 Å². The van der Waals surface area contributed by atoms with Gasteiger partial charge in [0.15, 0.2) is 0 Å². The molecule has 0 N–H and O–H groups in total. The summed E-state index contributed by atoms with van der Waals surface area (Å²) in [7, 11) is -0.372. The van der Waals surface area contributed by atoms with Crippen LogP contribution in [0, 0.1) is 5.92 Å². The fourth-order valence-electron chi connectivity index (χ4n) is 2.47. The highest BCUT2D eigenvalue weighted by Crippen LogP contribution is 2.42. The SMILES string of the molecule is CC(C)C1(C)OB(c2ccc(C=O)cc2)OC1(C)C. The van der Waals surface area contributed by atoms with Crippen molar-refractivity contribution in [3.8, 4) is 0 Å². The van der Waals surface area contributed by atoms with Gasteiger partial charge in [-0.3, -0.25) is 4.79 Å². The molecule has 1 aromatic rings. The molecule has 2 rings (SSSR count). The van der Waals surface area contributed by atoms with Crippen LogP contribution in [0.3, 0.4) is 0 Å². The van der Waals surface area contributed by atoms with Crippen LogP contribution in [0.15, 0.2) is 24.3 Å². The minimum Gasteiger partial charge on any atom is -0.399 e. The summed E-state index contributed by atoms with van der Waals surface area (Å²) in [6, 6.07) is 7.34. The van der Waals surface area contributed by atoms with Gasteiger partial charge in [0, 0.05) is 5.56 Å². The van der Waals surface area contributed by atoms with Gasteiger partial charge in [0.05, 0.1) is 11.2 Å². The van der Waals surface area contributed by atoms with Gasteiger partial charge in [0.25, 0.3) is 0 Å². The summed E-state index contributed by atoms with van der Waals surface area (Å²) < 4.78 is 12.2. The molecule has 1 aliphatic heterocycles. The van der Waals surface area contributed by atoms with E-state index in [1.807, 2.05) is 12.1 Å². The Hall–Kier alpha value is -1.13. The highest BCUT2D eigenvalue weighted by molar-refractivity contribution is 6.62. The molecular formula is C15H21BO3. The van der Waals surface area contributed by atoms with Crippen LogP contribution in [0.1, 0.15) is 45.0 Å². The van der Waals surface area contributed by atoms with Crippen molar-refractivity contribution >= 4 is 18.9 Å². The third-order valence-corrected chi connectivity index (χ3v) is 4.40. The standard InChI is InChI=1S/C15H21BO3/c1-11(2)15(5)14(3,4)18-16(19-15)13-8-6-12(10-17)7-9-13/h6-11H,1-5H3. The van der Waals surface area contributed by atoms with Crippen molar-refractivity contribution in [2.75, 3.05) is 0 Å². The average Bonchev–Trinajstić information content (AvgIpc) is 2.62. The molecule has 0 aliphatic carbocycles. The molecule has 1 unspecified atom stereocenters. The Kier molecular flexibility index (Phi) is 3.58. The molecule has 1 heterocycles. The van der Waals surface area contributed by atoms with E-state index in [2.05, 4.69) is 34.6 Å². The van der Waals surface area contributed by atoms with E-state index in [0.717, 1.165) is 11.7 Å². The second kappa shape index (κ2) is 4.76. The maximum atomic E-state index is 10.7. The van der Waals surface area contributed by atoms with Crippen molar-refractivity contribution in [3.63, 3.8) is 0 Å². The maximum absolute atomic E-state index is 10.7. The number of benzene rings is 1. The van der Waals surface area contributed by atoms with E-state index in [1.165, 1.54) is 0 Å². The zero-order valence-corrected chi connectivity index (χ0v) is 12.3. The van der Waals surface area contributed by atoms with Crippen LogP contribution in [-0.2, 0) is 9.31 Å². The van der Waals surface area contributed by atoms with Crippen LogP contribution >= 0.6 is 0 Å². The lowest BCUT2D eigenvalue weighted by atomic mass is 9.78. The minimum absolute atomic E-state index is 0.332. The van der Waals surface area contributed by atoms with Gasteiger partial charge in [-0.05, 0) is 32.2 Å². The first kappa shape index (κ1) is 14.3. The monoisotopic (exact) mass is 260 g/mol. The van der Waals surface area contributed by atoms with E-state index in [1.54, 1.807) is 12.1 Å². The predicted molar refractivity (Wildman–Crippen MR) is 76.7 cm³/mol. The van der Waals surface area contributed by atoms with Crippen molar-refractivity contribution < 1.29 is 14.1 Å². The number of carbonyl (C=O) groups excluding carboxylic acids is 1. The number of carbonyl (C=O) groups is 1. The van der Waals surface area contributed by atoms with Gasteiger partial charge in [-0.15, -0.1) is 0 Å². The molecular weight excluding hydrogens is 239 g/mol. The Bertz CT molecular complexity index is 467. The van der Waals surface area contributed by atoms with Crippen molar-refractivity contribution in [3.05, 3.63) is 29.8 Å². The van der Waals surface area contributed by atoms with Gasteiger partial charge in [0.2, 0.25) is 0 Å². The fourth-order valence-corrected chi connectivity index (χ4v) is 2.47. The van der Waals surface area contributed by atoms with E-state index in [4.69, 9.17) is 9.31 Å². The van der Waals surface area contributed by atoms with E-state index in [9.17, 15) is 4.79 Å². The molecule has 3 nitrogen and oxygen atoms in total. The number of rotatable bonds is 3. The Balaban J connectivity index is 2.27. The molecule has 1 aliphatic rings. The first-order chi connectivity index (χ1) is 8.80. The smallest absolute Gasteiger partial charge is 0.399 e. The van der Waals surface area contributed by atoms with E-state index < -0.39 is 0 Å². The Morgan fingerprint density at radius 1 is 1.11 bits per heavy atom. The lowest BCUT2D eigenvalue weighted by Crippen LogP contribution is -2.48. The largest absolute Gasteiger partial charge is 0.494 e. The van der Waals surface area contributed by atoms with Gasteiger partial charge in [0.1, 0.15) is 6.29 Å². The summed E-state index contributed by atoms with van der Waals surface area (Å²) in [5.41, 5.74) is 0.923. The first-order valence-electron chi connectivity index (χ1n) is 6.71. The van der Waals surface area contributed by atoms with Crippen molar-refractivity contribution in [2.45, 2.75) is 45.8 Å². The molecule has 0 radical (unpaired) electrons. The first-order valence-corrected chi connectivity index (χ1v) is 6.71. The topological polar surface area (TPSA) is 35.5 Å². The predicted octanol–water partition coefficient (Wildman–Crippen LogP) is 2.43. The van der Waals surface area contributed by atoms with Gasteiger partial charge >= 0.3 is 7.12 Å². The molecule has 0 spiro atoms. The number of aldehydes is 1. The quantitative estimate of drug-likeness (QED) is 0.618. The summed E-state index contributed by atoms with van der Waals surface area (Å²) in [6.07, 6.45) is 0.836. The molecule has 4 heteroatoms.